The zero-order valence-electron chi connectivity index (χ0n) is 38.9. The van der Waals surface area contributed by atoms with Crippen molar-refractivity contribution in [2.75, 3.05) is 0 Å². The third kappa shape index (κ3) is 6.20. The maximum atomic E-state index is 6.70. The highest BCUT2D eigenvalue weighted by Crippen LogP contribution is 2.41. The first-order valence-electron chi connectivity index (χ1n) is 22.2. The summed E-state index contributed by atoms with van der Waals surface area (Å²) in [6.45, 7) is 0. The van der Waals surface area contributed by atoms with Crippen molar-refractivity contribution in [2.45, 2.75) is 0 Å². The van der Waals surface area contributed by atoms with Crippen molar-refractivity contribution in [3.8, 4) is 55.8 Å². The van der Waals surface area contributed by atoms with Gasteiger partial charge in [0.15, 0.2) is 5.58 Å². The van der Waals surface area contributed by atoms with Gasteiger partial charge in [-0.25, -0.2) is 9.97 Å². The predicted molar refractivity (Wildman–Crippen MR) is 316 cm³/mol. The van der Waals surface area contributed by atoms with Crippen molar-refractivity contribution >= 4 is 227 Å². The summed E-state index contributed by atoms with van der Waals surface area (Å²) >= 11 is 1.85. The second-order valence-electron chi connectivity index (χ2n) is 18.1. The molecule has 0 saturated carbocycles. The first-order chi connectivity index (χ1) is 30.2. The summed E-state index contributed by atoms with van der Waals surface area (Å²) in [5, 5.41) is 3.59. The quantitative estimate of drug-likeness (QED) is 0.163. The molecule has 0 N–H and O–H groups in total. The van der Waals surface area contributed by atoms with Crippen molar-refractivity contribution in [1.82, 2.24) is 9.97 Å². The van der Waals surface area contributed by atoms with Crippen LogP contribution in [0.5, 0.6) is 0 Å². The van der Waals surface area contributed by atoms with Crippen LogP contribution in [0.2, 0.25) is 0 Å². The molecule has 0 aliphatic heterocycles. The molecular formula is C46H41B13N2OS. The minimum absolute atomic E-state index is 0.706. The minimum atomic E-state index is 0.706. The van der Waals surface area contributed by atoms with Gasteiger partial charge in [-0.05, 0) is 68.8 Å². The molecule has 0 amide bonds. The predicted octanol–water partition coefficient (Wildman–Crippen LogP) is -9.56. The molecule has 3 aromatic heterocycles. The number of thiophene rings is 1. The Morgan fingerprint density at radius 3 is 1.59 bits per heavy atom. The van der Waals surface area contributed by atoms with Crippen LogP contribution in [0.1, 0.15) is 0 Å². The monoisotopic (exact) mass is 812 g/mol. The molecule has 0 atom stereocenters. The normalized spacial score (nSPS) is 11.7. The summed E-state index contributed by atoms with van der Waals surface area (Å²) in [5.41, 5.74) is 32.2. The van der Waals surface area contributed by atoms with Crippen LogP contribution in [-0.2, 0) is 0 Å². The molecule has 0 unspecified atom stereocenters. The third-order valence-corrected chi connectivity index (χ3v) is 16.4. The standard InChI is InChI=1S/C46H41B13N2OS/c47-30-25(31(48)39(56)36(53)26(30)27-32(49)34(51)28(35(52)33(27)50)29-37(54)40(57)42(59)41(58)38(29)55)17-11-12-23-22(14-17)44-45(62-23)43(60-15-61-44)18-6-3-5-16(13-18)19-8-4-9-21-20-7-1-2-10-24(20)63-46(19)21/h1-15H,47-59H2. The van der Waals surface area contributed by atoms with Gasteiger partial charge < -0.3 is 4.42 Å². The van der Waals surface area contributed by atoms with Crippen LogP contribution >= 0.6 is 11.3 Å². The first kappa shape index (κ1) is 41.5. The molecule has 0 radical (unpaired) electrons. The lowest BCUT2D eigenvalue weighted by Crippen LogP contribution is -2.57. The summed E-state index contributed by atoms with van der Waals surface area (Å²) in [7, 11) is 30.0. The van der Waals surface area contributed by atoms with E-state index in [0.29, 0.717) is 5.58 Å². The Balaban J connectivity index is 1.11. The van der Waals surface area contributed by atoms with Crippen LogP contribution in [0.4, 0.5) is 0 Å². The SMILES string of the molecule is Bc1c(B)c(B)c(-c2c(B)c(B)c(-c3c(B)c(B)c(B)c(-c4ccc5oc6c(-c7cccc(-c8cccc9c8sc8ccccc89)c7)ncnc6c5c4)c3B)c(B)c2B)c(B)c1B. The Labute approximate surface area is 385 Å². The summed E-state index contributed by atoms with van der Waals surface area (Å²) in [6.07, 6.45) is 1.69. The van der Waals surface area contributed by atoms with Gasteiger partial charge in [0.1, 0.15) is 125 Å². The van der Waals surface area contributed by atoms with E-state index < -0.39 is 0 Å². The van der Waals surface area contributed by atoms with Crippen molar-refractivity contribution in [3.63, 3.8) is 0 Å². The third-order valence-electron chi connectivity index (χ3n) is 15.1. The molecule has 3 nitrogen and oxygen atoms in total. The molecule has 0 fully saturated rings. The molecule has 63 heavy (non-hydrogen) atoms. The fourth-order valence-corrected chi connectivity index (χ4v) is 12.1. The van der Waals surface area contributed by atoms with Crippen molar-refractivity contribution in [2.24, 2.45) is 0 Å². The lowest BCUT2D eigenvalue weighted by atomic mass is 9.54. The topological polar surface area (TPSA) is 38.9 Å². The number of benzene rings is 7. The fraction of sp³-hybridized carbons (Fsp3) is 0. The minimum Gasteiger partial charge on any atom is -0.452 e. The summed E-state index contributed by atoms with van der Waals surface area (Å²) < 4.78 is 9.30. The molecule has 10 rings (SSSR count). The average Bonchev–Trinajstić information content (AvgIpc) is 3.87. The number of furan rings is 1. The molecule has 0 bridgehead atoms. The van der Waals surface area contributed by atoms with Gasteiger partial charge in [0, 0.05) is 31.1 Å². The van der Waals surface area contributed by atoms with Crippen molar-refractivity contribution in [1.29, 1.82) is 0 Å². The highest BCUT2D eigenvalue weighted by Gasteiger charge is 2.25. The van der Waals surface area contributed by atoms with E-state index in [1.54, 1.807) is 6.33 Å². The number of hydrogen-bond acceptors (Lipinski definition) is 4. The number of nitrogens with zero attached hydrogens (tertiary/aromatic N) is 2. The lowest BCUT2D eigenvalue weighted by molar-refractivity contribution is 0.667. The summed E-state index contributed by atoms with van der Waals surface area (Å²) in [6, 6.07) is 30.6. The average molecular weight is 810 g/mol. The van der Waals surface area contributed by atoms with Crippen LogP contribution in [0.3, 0.4) is 0 Å². The highest BCUT2D eigenvalue weighted by atomic mass is 32.1. The molecular weight excluding hydrogens is 769 g/mol. The van der Waals surface area contributed by atoms with E-state index >= 15 is 0 Å². The van der Waals surface area contributed by atoms with Gasteiger partial charge in [0.25, 0.3) is 0 Å². The van der Waals surface area contributed by atoms with E-state index in [-0.39, 0.29) is 0 Å². The molecule has 17 heteroatoms. The molecule has 0 spiro atoms. The molecule has 0 aliphatic carbocycles. The van der Waals surface area contributed by atoms with Gasteiger partial charge in [-0.15, -0.1) is 33.2 Å². The highest BCUT2D eigenvalue weighted by molar-refractivity contribution is 7.26. The Kier molecular flexibility index (Phi) is 10.1. The smallest absolute Gasteiger partial charge is 0.180 e. The zero-order chi connectivity index (χ0) is 44.3. The van der Waals surface area contributed by atoms with E-state index in [0.717, 1.165) is 33.3 Å². The van der Waals surface area contributed by atoms with E-state index in [9.17, 15) is 0 Å². The fourth-order valence-electron chi connectivity index (χ4n) is 10.8. The molecule has 7 aromatic carbocycles. The van der Waals surface area contributed by atoms with Gasteiger partial charge in [0.2, 0.25) is 0 Å². The Bertz CT molecular complexity index is 3580. The largest absolute Gasteiger partial charge is 0.452 e. The number of hydrogen-bond donors (Lipinski definition) is 0. The van der Waals surface area contributed by atoms with Gasteiger partial charge in [0.05, 0.1) is 0 Å². The summed E-state index contributed by atoms with van der Waals surface area (Å²) in [5.74, 6) is 0. The lowest BCUT2D eigenvalue weighted by Gasteiger charge is -2.30. The maximum Gasteiger partial charge on any atom is 0.180 e. The number of fused-ring (bicyclic) bond motifs is 6. The second-order valence-corrected chi connectivity index (χ2v) is 19.1. The van der Waals surface area contributed by atoms with Crippen molar-refractivity contribution in [3.05, 3.63) is 91.3 Å². The van der Waals surface area contributed by atoms with E-state index in [1.807, 2.05) is 11.3 Å². The van der Waals surface area contributed by atoms with Gasteiger partial charge >= 0.3 is 0 Å². The van der Waals surface area contributed by atoms with Crippen LogP contribution < -0.4 is 71.0 Å². The second kappa shape index (κ2) is 15.3. The first-order valence-corrected chi connectivity index (χ1v) is 23.0. The number of aromatic nitrogens is 2. The Morgan fingerprint density at radius 1 is 0.397 bits per heavy atom. The number of rotatable bonds is 5. The molecule has 10 aromatic rings. The molecule has 3 heterocycles. The maximum absolute atomic E-state index is 6.70. The Hall–Kier alpha value is -5.52. The zero-order valence-corrected chi connectivity index (χ0v) is 39.7. The van der Waals surface area contributed by atoms with E-state index in [4.69, 9.17) is 14.4 Å². The van der Waals surface area contributed by atoms with Gasteiger partial charge in [-0.1, -0.05) is 110 Å². The molecule has 286 valence electrons. The van der Waals surface area contributed by atoms with E-state index in [2.05, 4.69) is 187 Å². The van der Waals surface area contributed by atoms with Gasteiger partial charge in [-0.2, -0.15) is 0 Å². The van der Waals surface area contributed by atoms with Crippen LogP contribution in [0.25, 0.3) is 98.0 Å². The van der Waals surface area contributed by atoms with Crippen LogP contribution in [0.15, 0.2) is 95.7 Å². The Morgan fingerprint density at radius 2 is 0.921 bits per heavy atom. The molecule has 0 aliphatic rings. The molecule has 0 saturated heterocycles. The van der Waals surface area contributed by atoms with Gasteiger partial charge in [-0.3, -0.25) is 0 Å². The van der Waals surface area contributed by atoms with Crippen molar-refractivity contribution < 1.29 is 4.42 Å². The van der Waals surface area contributed by atoms with Crippen LogP contribution in [0, 0.1) is 0 Å². The van der Waals surface area contributed by atoms with Crippen LogP contribution in [-0.4, -0.2) is 112 Å². The summed E-state index contributed by atoms with van der Waals surface area (Å²) in [4.78, 5) is 9.73. The van der Waals surface area contributed by atoms with E-state index in [1.165, 1.54) is 130 Å².